The molecule has 0 spiro atoms. The topological polar surface area (TPSA) is 46.3 Å². The van der Waals surface area contributed by atoms with Crippen molar-refractivity contribution >= 4 is 5.91 Å². The largest absolute Gasteiger partial charge is 0.341 e. The third kappa shape index (κ3) is 2.71. The van der Waals surface area contributed by atoms with E-state index in [1.807, 2.05) is 11.8 Å². The zero-order chi connectivity index (χ0) is 10.7. The number of rotatable bonds is 2. The molecule has 0 radical (unpaired) electrons. The maximum Gasteiger partial charge on any atom is 0.239 e. The van der Waals surface area contributed by atoms with Gasteiger partial charge in [-0.05, 0) is 24.7 Å². The second-order valence-electron chi connectivity index (χ2n) is 4.70. The molecular formula is C11H22N2O. The molecule has 0 bridgehead atoms. The summed E-state index contributed by atoms with van der Waals surface area (Å²) in [5.74, 6) is 1.37. The fourth-order valence-corrected chi connectivity index (χ4v) is 2.25. The van der Waals surface area contributed by atoms with Gasteiger partial charge in [0.1, 0.15) is 0 Å². The first-order valence-corrected chi connectivity index (χ1v) is 5.59. The third-order valence-electron chi connectivity index (χ3n) is 2.94. The predicted octanol–water partition coefficient (Wildman–Crippen LogP) is 1.23. The highest BCUT2D eigenvalue weighted by molar-refractivity contribution is 5.81. The van der Waals surface area contributed by atoms with Crippen molar-refractivity contribution < 1.29 is 4.79 Å². The molecule has 1 fully saturated rings. The molecular weight excluding hydrogens is 176 g/mol. The number of hydrogen-bond acceptors (Lipinski definition) is 2. The van der Waals surface area contributed by atoms with E-state index in [1.165, 1.54) is 6.42 Å². The monoisotopic (exact) mass is 198 g/mol. The van der Waals surface area contributed by atoms with Gasteiger partial charge in [0.05, 0.1) is 6.04 Å². The molecule has 3 heteroatoms. The van der Waals surface area contributed by atoms with Crippen LogP contribution < -0.4 is 5.73 Å². The standard InChI is InChI=1S/C11H22N2O/c1-4-10(12)11(14)13-6-8(2)5-9(3)7-13/h8-10H,4-7,12H2,1-3H3/t8?,9?,10-/m0/s1. The SMILES string of the molecule is CC[C@H](N)C(=O)N1CC(C)CC(C)C1. The van der Waals surface area contributed by atoms with Crippen LogP contribution in [0.1, 0.15) is 33.6 Å². The average Bonchev–Trinajstić information content (AvgIpc) is 2.14. The van der Waals surface area contributed by atoms with Crippen molar-refractivity contribution in [2.24, 2.45) is 17.6 Å². The van der Waals surface area contributed by atoms with Crippen molar-refractivity contribution in [2.75, 3.05) is 13.1 Å². The molecule has 0 aromatic heterocycles. The Morgan fingerprint density at radius 2 is 1.93 bits per heavy atom. The van der Waals surface area contributed by atoms with Gasteiger partial charge in [-0.2, -0.15) is 0 Å². The number of likely N-dealkylation sites (tertiary alicyclic amines) is 1. The zero-order valence-electron chi connectivity index (χ0n) is 9.49. The Morgan fingerprint density at radius 3 is 2.36 bits per heavy atom. The summed E-state index contributed by atoms with van der Waals surface area (Å²) in [6.45, 7) is 8.13. The van der Waals surface area contributed by atoms with Crippen LogP contribution in [0.5, 0.6) is 0 Å². The van der Waals surface area contributed by atoms with Crippen molar-refractivity contribution in [1.82, 2.24) is 4.90 Å². The lowest BCUT2D eigenvalue weighted by molar-refractivity contribution is -0.135. The van der Waals surface area contributed by atoms with E-state index in [0.717, 1.165) is 19.5 Å². The summed E-state index contributed by atoms with van der Waals surface area (Å²) in [5, 5.41) is 0. The highest BCUT2D eigenvalue weighted by atomic mass is 16.2. The maximum atomic E-state index is 11.8. The normalized spacial score (nSPS) is 30.1. The van der Waals surface area contributed by atoms with Crippen LogP contribution in [0.3, 0.4) is 0 Å². The molecule has 1 rings (SSSR count). The van der Waals surface area contributed by atoms with Crippen molar-refractivity contribution in [3.8, 4) is 0 Å². The molecule has 1 amide bonds. The first-order valence-electron chi connectivity index (χ1n) is 5.59. The third-order valence-corrected chi connectivity index (χ3v) is 2.94. The Balaban J connectivity index is 2.54. The summed E-state index contributed by atoms with van der Waals surface area (Å²) in [5.41, 5.74) is 5.75. The molecule has 14 heavy (non-hydrogen) atoms. The van der Waals surface area contributed by atoms with Gasteiger partial charge < -0.3 is 10.6 Å². The van der Waals surface area contributed by atoms with E-state index in [2.05, 4.69) is 13.8 Å². The Hall–Kier alpha value is -0.570. The van der Waals surface area contributed by atoms with E-state index in [-0.39, 0.29) is 11.9 Å². The van der Waals surface area contributed by atoms with Crippen LogP contribution >= 0.6 is 0 Å². The Morgan fingerprint density at radius 1 is 1.43 bits per heavy atom. The number of amides is 1. The molecule has 1 saturated heterocycles. The lowest BCUT2D eigenvalue weighted by atomic mass is 9.91. The molecule has 1 aliphatic rings. The molecule has 1 aliphatic heterocycles. The molecule has 0 saturated carbocycles. The number of piperidine rings is 1. The van der Waals surface area contributed by atoms with Crippen molar-refractivity contribution in [3.05, 3.63) is 0 Å². The summed E-state index contributed by atoms with van der Waals surface area (Å²) in [6.07, 6.45) is 1.96. The van der Waals surface area contributed by atoms with Gasteiger partial charge in [0, 0.05) is 13.1 Å². The highest BCUT2D eigenvalue weighted by Gasteiger charge is 2.27. The molecule has 3 nitrogen and oxygen atoms in total. The van der Waals surface area contributed by atoms with Gasteiger partial charge in [-0.3, -0.25) is 4.79 Å². The summed E-state index contributed by atoms with van der Waals surface area (Å²) in [6, 6.07) is -0.299. The Bertz CT molecular complexity index is 195. The van der Waals surface area contributed by atoms with Gasteiger partial charge >= 0.3 is 0 Å². The summed E-state index contributed by atoms with van der Waals surface area (Å²) < 4.78 is 0. The lowest BCUT2D eigenvalue weighted by Crippen LogP contribution is -2.49. The lowest BCUT2D eigenvalue weighted by Gasteiger charge is -2.36. The zero-order valence-corrected chi connectivity index (χ0v) is 9.49. The minimum atomic E-state index is -0.299. The van der Waals surface area contributed by atoms with Gasteiger partial charge in [-0.25, -0.2) is 0 Å². The predicted molar refractivity (Wildman–Crippen MR) is 57.8 cm³/mol. The Labute approximate surface area is 86.6 Å². The van der Waals surface area contributed by atoms with Gasteiger partial charge in [0.15, 0.2) is 0 Å². The van der Waals surface area contributed by atoms with Crippen LogP contribution in [0.2, 0.25) is 0 Å². The minimum Gasteiger partial charge on any atom is -0.341 e. The highest BCUT2D eigenvalue weighted by Crippen LogP contribution is 2.21. The first kappa shape index (κ1) is 11.5. The molecule has 1 heterocycles. The maximum absolute atomic E-state index is 11.8. The van der Waals surface area contributed by atoms with Gasteiger partial charge in [-0.1, -0.05) is 20.8 Å². The second kappa shape index (κ2) is 4.78. The van der Waals surface area contributed by atoms with Crippen LogP contribution in [-0.4, -0.2) is 29.9 Å². The summed E-state index contributed by atoms with van der Waals surface area (Å²) in [7, 11) is 0. The van der Waals surface area contributed by atoms with E-state index >= 15 is 0 Å². The average molecular weight is 198 g/mol. The van der Waals surface area contributed by atoms with Crippen molar-refractivity contribution in [3.63, 3.8) is 0 Å². The molecule has 82 valence electrons. The van der Waals surface area contributed by atoms with E-state index < -0.39 is 0 Å². The number of carbonyl (C=O) groups is 1. The van der Waals surface area contributed by atoms with Crippen LogP contribution in [0.15, 0.2) is 0 Å². The van der Waals surface area contributed by atoms with Gasteiger partial charge in [0.25, 0.3) is 0 Å². The molecule has 0 aromatic carbocycles. The molecule has 3 atom stereocenters. The minimum absolute atomic E-state index is 0.130. The number of hydrogen-bond donors (Lipinski definition) is 1. The summed E-state index contributed by atoms with van der Waals surface area (Å²) >= 11 is 0. The van der Waals surface area contributed by atoms with Gasteiger partial charge in [0.2, 0.25) is 5.91 Å². The van der Waals surface area contributed by atoms with Crippen LogP contribution in [-0.2, 0) is 4.79 Å². The van der Waals surface area contributed by atoms with E-state index in [1.54, 1.807) is 0 Å². The van der Waals surface area contributed by atoms with Crippen LogP contribution in [0.25, 0.3) is 0 Å². The van der Waals surface area contributed by atoms with E-state index in [0.29, 0.717) is 11.8 Å². The van der Waals surface area contributed by atoms with Crippen molar-refractivity contribution in [2.45, 2.75) is 39.7 Å². The second-order valence-corrected chi connectivity index (χ2v) is 4.70. The smallest absolute Gasteiger partial charge is 0.239 e. The van der Waals surface area contributed by atoms with Crippen LogP contribution in [0.4, 0.5) is 0 Å². The summed E-state index contributed by atoms with van der Waals surface area (Å²) in [4.78, 5) is 13.8. The fourth-order valence-electron chi connectivity index (χ4n) is 2.25. The van der Waals surface area contributed by atoms with E-state index in [9.17, 15) is 4.79 Å². The first-order chi connectivity index (χ1) is 6.54. The fraction of sp³-hybridized carbons (Fsp3) is 0.909. The molecule has 2 unspecified atom stereocenters. The number of nitrogens with two attached hydrogens (primary N) is 1. The van der Waals surface area contributed by atoms with Gasteiger partial charge in [-0.15, -0.1) is 0 Å². The van der Waals surface area contributed by atoms with Crippen molar-refractivity contribution in [1.29, 1.82) is 0 Å². The number of carbonyl (C=O) groups excluding carboxylic acids is 1. The molecule has 0 aromatic rings. The van der Waals surface area contributed by atoms with E-state index in [4.69, 9.17) is 5.73 Å². The molecule has 2 N–H and O–H groups in total. The quantitative estimate of drug-likeness (QED) is 0.725. The number of nitrogens with zero attached hydrogens (tertiary/aromatic N) is 1. The molecule has 0 aliphatic carbocycles. The Kier molecular flexibility index (Phi) is 3.93. The van der Waals surface area contributed by atoms with Crippen LogP contribution in [0, 0.1) is 11.8 Å².